The lowest BCUT2D eigenvalue weighted by Gasteiger charge is -2.48. The van der Waals surface area contributed by atoms with Gasteiger partial charge in [-0.15, -0.1) is 0 Å². The monoisotopic (exact) mass is 304 g/mol. The zero-order valence-corrected chi connectivity index (χ0v) is 14.7. The van der Waals surface area contributed by atoms with E-state index in [2.05, 4.69) is 20.8 Å². The molecule has 1 fully saturated rings. The van der Waals surface area contributed by atoms with Crippen molar-refractivity contribution in [3.05, 3.63) is 0 Å². The van der Waals surface area contributed by atoms with E-state index in [4.69, 9.17) is 0 Å². The van der Waals surface area contributed by atoms with Gasteiger partial charge in [0.25, 0.3) is 10.2 Å². The summed E-state index contributed by atoms with van der Waals surface area (Å²) >= 11 is 0. The zero-order valence-electron chi connectivity index (χ0n) is 13.9. The van der Waals surface area contributed by atoms with Crippen LogP contribution < -0.4 is 0 Å². The summed E-state index contributed by atoms with van der Waals surface area (Å²) in [6.07, 6.45) is 7.52. The fourth-order valence-corrected chi connectivity index (χ4v) is 4.12. The van der Waals surface area contributed by atoms with Crippen molar-refractivity contribution in [1.29, 1.82) is 0 Å². The summed E-state index contributed by atoms with van der Waals surface area (Å²) in [7, 11) is 0.00317. The Bertz CT molecular complexity index is 389. The Morgan fingerprint density at radius 3 is 2.20 bits per heavy atom. The highest BCUT2D eigenvalue weighted by molar-refractivity contribution is 7.86. The van der Waals surface area contributed by atoms with Gasteiger partial charge in [-0.3, -0.25) is 0 Å². The minimum atomic E-state index is -3.20. The van der Waals surface area contributed by atoms with Crippen molar-refractivity contribution in [2.45, 2.75) is 59.3 Å². The van der Waals surface area contributed by atoms with Gasteiger partial charge in [0.15, 0.2) is 0 Å². The molecule has 0 aromatic rings. The van der Waals surface area contributed by atoms with Gasteiger partial charge in [-0.1, -0.05) is 52.9 Å². The summed E-state index contributed by atoms with van der Waals surface area (Å²) in [4.78, 5) is 0. The van der Waals surface area contributed by atoms with Crippen molar-refractivity contribution in [1.82, 2.24) is 8.61 Å². The maximum atomic E-state index is 12.0. The van der Waals surface area contributed by atoms with Gasteiger partial charge >= 0.3 is 0 Å². The van der Waals surface area contributed by atoms with Gasteiger partial charge in [-0.25, -0.2) is 0 Å². The molecule has 0 saturated carbocycles. The van der Waals surface area contributed by atoms with Crippen LogP contribution in [0.2, 0.25) is 0 Å². The van der Waals surface area contributed by atoms with Crippen LogP contribution in [-0.4, -0.2) is 44.2 Å². The molecule has 0 radical (unpaired) electrons. The number of hydrogen-bond donors (Lipinski definition) is 0. The summed E-state index contributed by atoms with van der Waals surface area (Å²) in [6.45, 7) is 8.19. The fourth-order valence-electron chi connectivity index (χ4n) is 2.92. The fraction of sp³-hybridized carbons (Fsp3) is 1.00. The first-order valence-corrected chi connectivity index (χ1v) is 9.35. The Hall–Kier alpha value is -0.130. The minimum Gasteiger partial charge on any atom is -0.195 e. The Balaban J connectivity index is 2.50. The average molecular weight is 305 g/mol. The van der Waals surface area contributed by atoms with E-state index in [-0.39, 0.29) is 0 Å². The molecular weight excluding hydrogens is 272 g/mol. The Morgan fingerprint density at radius 1 is 1.15 bits per heavy atom. The first kappa shape index (κ1) is 17.9. The van der Waals surface area contributed by atoms with Gasteiger partial charge in [0.2, 0.25) is 0 Å². The van der Waals surface area contributed by atoms with Crippen LogP contribution >= 0.6 is 0 Å². The van der Waals surface area contributed by atoms with Crippen LogP contribution in [0.3, 0.4) is 0 Å². The molecule has 0 aromatic carbocycles. The van der Waals surface area contributed by atoms with E-state index in [1.54, 1.807) is 18.4 Å². The Morgan fingerprint density at radius 2 is 1.75 bits per heavy atom. The molecule has 1 atom stereocenters. The van der Waals surface area contributed by atoms with Crippen molar-refractivity contribution < 1.29 is 8.42 Å². The van der Waals surface area contributed by atoms with E-state index in [1.165, 1.54) is 36.4 Å². The predicted octanol–water partition coefficient (Wildman–Crippen LogP) is 3.11. The molecule has 1 aliphatic rings. The van der Waals surface area contributed by atoms with Gasteiger partial charge in [0.1, 0.15) is 0 Å². The smallest absolute Gasteiger partial charge is 0.195 e. The molecule has 1 heterocycles. The normalized spacial score (nSPS) is 20.9. The van der Waals surface area contributed by atoms with Crippen molar-refractivity contribution in [2.24, 2.45) is 11.3 Å². The molecule has 120 valence electrons. The number of unbranched alkanes of at least 4 members (excludes halogenated alkanes) is 3. The van der Waals surface area contributed by atoms with Crippen LogP contribution in [0, 0.1) is 11.3 Å². The highest BCUT2D eigenvalue weighted by Crippen LogP contribution is 2.42. The van der Waals surface area contributed by atoms with Crippen molar-refractivity contribution in [2.75, 3.05) is 27.2 Å². The molecule has 4 nitrogen and oxygen atoms in total. The first-order chi connectivity index (χ1) is 9.28. The molecule has 1 saturated heterocycles. The Kier molecular flexibility index (Phi) is 6.48. The molecule has 1 aliphatic heterocycles. The standard InChI is InChI=1S/C15H32N2O2S/c1-6-8-9-10-11-15(3,7-2)14-12-17(13-14)20(18,19)16(4)5/h14H,6-13H2,1-5H3. The van der Waals surface area contributed by atoms with Crippen molar-refractivity contribution in [3.8, 4) is 0 Å². The van der Waals surface area contributed by atoms with Gasteiger partial charge < -0.3 is 0 Å². The average Bonchev–Trinajstić information content (AvgIpc) is 2.32. The van der Waals surface area contributed by atoms with Crippen LogP contribution in [0.5, 0.6) is 0 Å². The zero-order chi connectivity index (χ0) is 15.4. The molecular formula is C15H32N2O2S. The molecule has 0 aliphatic carbocycles. The summed E-state index contributed by atoms with van der Waals surface area (Å²) in [5.41, 5.74) is 0.298. The topological polar surface area (TPSA) is 40.6 Å². The molecule has 0 bridgehead atoms. The van der Waals surface area contributed by atoms with E-state index < -0.39 is 10.2 Å². The second-order valence-corrected chi connectivity index (χ2v) is 8.76. The SMILES string of the molecule is CCCCCCC(C)(CC)C1CN(S(=O)(=O)N(C)C)C1. The Labute approximate surface area is 125 Å². The third-order valence-electron chi connectivity index (χ3n) is 5.03. The van der Waals surface area contributed by atoms with Gasteiger partial charge in [0.05, 0.1) is 0 Å². The van der Waals surface area contributed by atoms with E-state index in [0.29, 0.717) is 24.4 Å². The second kappa shape index (κ2) is 7.23. The third kappa shape index (κ3) is 3.95. The van der Waals surface area contributed by atoms with Crippen LogP contribution in [0.4, 0.5) is 0 Å². The highest BCUT2D eigenvalue weighted by Gasteiger charge is 2.45. The van der Waals surface area contributed by atoms with Gasteiger partial charge in [-0.05, 0) is 17.8 Å². The van der Waals surface area contributed by atoms with Crippen LogP contribution in [0.25, 0.3) is 0 Å². The number of hydrogen-bond acceptors (Lipinski definition) is 2. The minimum absolute atomic E-state index is 0.298. The van der Waals surface area contributed by atoms with Crippen LogP contribution in [-0.2, 0) is 10.2 Å². The molecule has 0 amide bonds. The number of nitrogens with zero attached hydrogens (tertiary/aromatic N) is 2. The molecule has 0 N–H and O–H groups in total. The van der Waals surface area contributed by atoms with Crippen molar-refractivity contribution >= 4 is 10.2 Å². The lowest BCUT2D eigenvalue weighted by Crippen LogP contribution is -2.58. The summed E-state index contributed by atoms with van der Waals surface area (Å²) in [6, 6.07) is 0. The summed E-state index contributed by atoms with van der Waals surface area (Å²) in [5, 5.41) is 0. The van der Waals surface area contributed by atoms with Crippen LogP contribution in [0.15, 0.2) is 0 Å². The molecule has 1 rings (SSSR count). The second-order valence-electron chi connectivity index (χ2n) is 6.62. The van der Waals surface area contributed by atoms with E-state index in [9.17, 15) is 8.42 Å². The first-order valence-electron chi connectivity index (χ1n) is 7.95. The maximum Gasteiger partial charge on any atom is 0.281 e. The molecule has 1 unspecified atom stereocenters. The van der Waals surface area contributed by atoms with E-state index in [0.717, 1.165) is 6.42 Å². The molecule has 5 heteroatoms. The van der Waals surface area contributed by atoms with Crippen LogP contribution in [0.1, 0.15) is 59.3 Å². The summed E-state index contributed by atoms with van der Waals surface area (Å²) < 4.78 is 27.0. The quantitative estimate of drug-likeness (QED) is 0.614. The largest absolute Gasteiger partial charge is 0.281 e. The van der Waals surface area contributed by atoms with E-state index >= 15 is 0 Å². The van der Waals surface area contributed by atoms with Crippen molar-refractivity contribution in [3.63, 3.8) is 0 Å². The highest BCUT2D eigenvalue weighted by atomic mass is 32.2. The third-order valence-corrected chi connectivity index (χ3v) is 6.90. The summed E-state index contributed by atoms with van der Waals surface area (Å²) in [5.74, 6) is 0.517. The maximum absolute atomic E-state index is 12.0. The molecule has 0 aromatic heterocycles. The lowest BCUT2D eigenvalue weighted by atomic mass is 9.69. The molecule has 20 heavy (non-hydrogen) atoms. The predicted molar refractivity (Wildman–Crippen MR) is 84.8 cm³/mol. The van der Waals surface area contributed by atoms with Gasteiger partial charge in [0, 0.05) is 27.2 Å². The lowest BCUT2D eigenvalue weighted by molar-refractivity contribution is 0.0445. The van der Waals surface area contributed by atoms with E-state index in [1.807, 2.05) is 0 Å². The molecule has 0 spiro atoms. The number of rotatable bonds is 9. The van der Waals surface area contributed by atoms with Gasteiger partial charge in [-0.2, -0.15) is 17.0 Å².